The van der Waals surface area contributed by atoms with E-state index in [2.05, 4.69) is 20.5 Å². The van der Waals surface area contributed by atoms with Gasteiger partial charge in [-0.1, -0.05) is 0 Å². The van der Waals surface area contributed by atoms with Gasteiger partial charge in [-0.25, -0.2) is 0 Å². The normalized spacial score (nSPS) is 10.7. The number of rotatable bonds is 3. The minimum atomic E-state index is 0.678. The molecule has 0 aliphatic carbocycles. The van der Waals surface area contributed by atoms with Gasteiger partial charge in [-0.05, 0) is 43.7 Å². The molecule has 2 N–H and O–H groups in total. The number of hydrogen-bond acceptors (Lipinski definition) is 3. The number of fused-ring (bicyclic) bond motifs is 1. The Labute approximate surface area is 116 Å². The van der Waals surface area contributed by atoms with Crippen LogP contribution in [0.3, 0.4) is 0 Å². The van der Waals surface area contributed by atoms with Crippen molar-refractivity contribution >= 4 is 23.0 Å². The first-order chi connectivity index (χ1) is 9.69. The molecule has 0 unspecified atom stereocenters. The number of aromatic nitrogens is 3. The molecule has 0 saturated heterocycles. The van der Waals surface area contributed by atoms with Gasteiger partial charge in [0.05, 0.1) is 5.52 Å². The molecule has 3 rings (SSSR count). The van der Waals surface area contributed by atoms with Crippen LogP contribution in [0.25, 0.3) is 22.2 Å². The summed E-state index contributed by atoms with van der Waals surface area (Å²) in [5.41, 5.74) is 5.55. The van der Waals surface area contributed by atoms with Crippen LogP contribution >= 0.6 is 0 Å². The highest BCUT2D eigenvalue weighted by Gasteiger charge is 2.10. The van der Waals surface area contributed by atoms with E-state index >= 15 is 0 Å². The molecule has 0 aliphatic rings. The van der Waals surface area contributed by atoms with Crippen LogP contribution in [-0.2, 0) is 4.79 Å². The number of amides is 1. The number of aryl methyl sites for hydroxylation is 2. The van der Waals surface area contributed by atoms with E-state index in [-0.39, 0.29) is 0 Å². The summed E-state index contributed by atoms with van der Waals surface area (Å²) in [6.07, 6.45) is 2.46. The molecule has 5 heteroatoms. The van der Waals surface area contributed by atoms with Gasteiger partial charge >= 0.3 is 0 Å². The standard InChI is InChI=1S/C15H14N4O/c1-9-5-12-14(7-13(9)17-8-20)18-19-15(12)11-3-4-16-10(2)6-11/h3-8H,1-2H3,(H,17,20)(H,18,19). The van der Waals surface area contributed by atoms with Crippen molar-refractivity contribution in [1.82, 2.24) is 15.2 Å². The van der Waals surface area contributed by atoms with E-state index in [0.29, 0.717) is 6.41 Å². The predicted octanol–water partition coefficient (Wildman–Crippen LogP) is 2.81. The lowest BCUT2D eigenvalue weighted by Gasteiger charge is -2.05. The molecule has 1 aromatic carbocycles. The van der Waals surface area contributed by atoms with Crippen molar-refractivity contribution in [2.45, 2.75) is 13.8 Å². The number of nitrogens with one attached hydrogen (secondary N) is 2. The second kappa shape index (κ2) is 4.77. The maximum atomic E-state index is 10.6. The van der Waals surface area contributed by atoms with Gasteiger partial charge in [-0.3, -0.25) is 14.9 Å². The molecule has 0 spiro atoms. The van der Waals surface area contributed by atoms with Crippen LogP contribution in [0.4, 0.5) is 5.69 Å². The van der Waals surface area contributed by atoms with Gasteiger partial charge in [-0.15, -0.1) is 0 Å². The molecule has 0 bridgehead atoms. The first-order valence-electron chi connectivity index (χ1n) is 6.31. The number of anilines is 1. The summed E-state index contributed by atoms with van der Waals surface area (Å²) in [5.74, 6) is 0. The summed E-state index contributed by atoms with van der Waals surface area (Å²) in [6, 6.07) is 7.86. The number of carbonyl (C=O) groups is 1. The van der Waals surface area contributed by atoms with Gasteiger partial charge in [0.15, 0.2) is 0 Å². The molecule has 0 saturated carbocycles. The lowest BCUT2D eigenvalue weighted by molar-refractivity contribution is -0.105. The van der Waals surface area contributed by atoms with Crippen LogP contribution in [-0.4, -0.2) is 21.6 Å². The van der Waals surface area contributed by atoms with Crippen molar-refractivity contribution in [2.75, 3.05) is 5.32 Å². The van der Waals surface area contributed by atoms with Crippen LogP contribution in [0.15, 0.2) is 30.5 Å². The molecule has 100 valence electrons. The third-order valence-electron chi connectivity index (χ3n) is 3.29. The fraction of sp³-hybridized carbons (Fsp3) is 0.133. The molecule has 0 fully saturated rings. The SMILES string of the molecule is Cc1cc(-c2n[nH]c3cc(NC=O)c(C)cc23)ccn1. The van der Waals surface area contributed by atoms with Crippen molar-refractivity contribution in [3.8, 4) is 11.3 Å². The zero-order valence-corrected chi connectivity index (χ0v) is 11.3. The smallest absolute Gasteiger partial charge is 0.211 e. The zero-order chi connectivity index (χ0) is 14.1. The summed E-state index contributed by atoms with van der Waals surface area (Å²) < 4.78 is 0. The Kier molecular flexibility index (Phi) is 2.95. The number of aromatic amines is 1. The van der Waals surface area contributed by atoms with Crippen molar-refractivity contribution in [2.24, 2.45) is 0 Å². The van der Waals surface area contributed by atoms with Crippen LogP contribution in [0.2, 0.25) is 0 Å². The summed E-state index contributed by atoms with van der Waals surface area (Å²) in [7, 11) is 0. The molecule has 5 nitrogen and oxygen atoms in total. The maximum absolute atomic E-state index is 10.6. The fourth-order valence-corrected chi connectivity index (χ4v) is 2.30. The van der Waals surface area contributed by atoms with E-state index in [0.717, 1.165) is 39.1 Å². The number of carbonyl (C=O) groups excluding carboxylic acids is 1. The van der Waals surface area contributed by atoms with E-state index in [1.165, 1.54) is 0 Å². The van der Waals surface area contributed by atoms with E-state index in [1.807, 2.05) is 38.1 Å². The number of nitrogens with zero attached hydrogens (tertiary/aromatic N) is 2. The number of pyridine rings is 1. The lowest BCUT2D eigenvalue weighted by atomic mass is 10.1. The third kappa shape index (κ3) is 2.03. The first-order valence-corrected chi connectivity index (χ1v) is 6.31. The summed E-state index contributed by atoms with van der Waals surface area (Å²) >= 11 is 0. The highest BCUT2D eigenvalue weighted by molar-refractivity contribution is 5.96. The average Bonchev–Trinajstić information content (AvgIpc) is 2.82. The van der Waals surface area contributed by atoms with E-state index in [4.69, 9.17) is 0 Å². The maximum Gasteiger partial charge on any atom is 0.211 e. The molecular weight excluding hydrogens is 252 g/mol. The van der Waals surface area contributed by atoms with Gasteiger partial charge in [0.25, 0.3) is 0 Å². The Morgan fingerprint density at radius 3 is 2.85 bits per heavy atom. The minimum absolute atomic E-state index is 0.678. The summed E-state index contributed by atoms with van der Waals surface area (Å²) in [4.78, 5) is 14.8. The third-order valence-corrected chi connectivity index (χ3v) is 3.29. The predicted molar refractivity (Wildman–Crippen MR) is 78.5 cm³/mol. The van der Waals surface area contributed by atoms with Crippen LogP contribution in [0, 0.1) is 13.8 Å². The fourth-order valence-electron chi connectivity index (χ4n) is 2.30. The lowest BCUT2D eigenvalue weighted by Crippen LogP contribution is -1.96. The zero-order valence-electron chi connectivity index (χ0n) is 11.3. The second-order valence-electron chi connectivity index (χ2n) is 4.73. The average molecular weight is 266 g/mol. The summed E-state index contributed by atoms with van der Waals surface area (Å²) in [5, 5.41) is 11.1. The Morgan fingerprint density at radius 2 is 2.10 bits per heavy atom. The van der Waals surface area contributed by atoms with Crippen LogP contribution in [0.1, 0.15) is 11.3 Å². The van der Waals surface area contributed by atoms with Gasteiger partial charge in [0.1, 0.15) is 5.69 Å². The van der Waals surface area contributed by atoms with Gasteiger partial charge in [0.2, 0.25) is 6.41 Å². The first kappa shape index (κ1) is 12.3. The van der Waals surface area contributed by atoms with Crippen molar-refractivity contribution in [1.29, 1.82) is 0 Å². The van der Waals surface area contributed by atoms with E-state index in [1.54, 1.807) is 6.20 Å². The Morgan fingerprint density at radius 1 is 1.25 bits per heavy atom. The molecule has 2 aromatic heterocycles. The largest absolute Gasteiger partial charge is 0.328 e. The van der Waals surface area contributed by atoms with Crippen LogP contribution < -0.4 is 5.32 Å². The molecule has 20 heavy (non-hydrogen) atoms. The summed E-state index contributed by atoms with van der Waals surface area (Å²) in [6.45, 7) is 3.91. The number of benzene rings is 1. The topological polar surface area (TPSA) is 70.7 Å². The molecule has 0 atom stereocenters. The van der Waals surface area contributed by atoms with Gasteiger partial charge in [-0.2, -0.15) is 5.10 Å². The Bertz CT molecular complexity index is 792. The molecule has 0 radical (unpaired) electrons. The Hall–Kier alpha value is -2.69. The molecule has 2 heterocycles. The van der Waals surface area contributed by atoms with Gasteiger partial charge < -0.3 is 5.32 Å². The number of H-pyrrole nitrogens is 1. The Balaban J connectivity index is 2.19. The van der Waals surface area contributed by atoms with Gasteiger partial charge in [0, 0.05) is 28.5 Å². The van der Waals surface area contributed by atoms with Crippen molar-refractivity contribution in [3.05, 3.63) is 41.7 Å². The second-order valence-corrected chi connectivity index (χ2v) is 4.73. The molecular formula is C15H14N4O. The number of hydrogen-bond donors (Lipinski definition) is 2. The molecule has 3 aromatic rings. The quantitative estimate of drug-likeness (QED) is 0.716. The molecule has 0 aliphatic heterocycles. The van der Waals surface area contributed by atoms with E-state index in [9.17, 15) is 4.79 Å². The molecule has 1 amide bonds. The van der Waals surface area contributed by atoms with Crippen molar-refractivity contribution in [3.63, 3.8) is 0 Å². The minimum Gasteiger partial charge on any atom is -0.328 e. The van der Waals surface area contributed by atoms with Crippen molar-refractivity contribution < 1.29 is 4.79 Å². The van der Waals surface area contributed by atoms with E-state index < -0.39 is 0 Å². The van der Waals surface area contributed by atoms with Crippen LogP contribution in [0.5, 0.6) is 0 Å². The monoisotopic (exact) mass is 266 g/mol. The highest BCUT2D eigenvalue weighted by Crippen LogP contribution is 2.30. The highest BCUT2D eigenvalue weighted by atomic mass is 16.1.